The molecule has 21 heavy (non-hydrogen) atoms. The first-order chi connectivity index (χ1) is 10.2. The van der Waals surface area contributed by atoms with Crippen molar-refractivity contribution >= 4 is 17.7 Å². The van der Waals surface area contributed by atoms with Crippen LogP contribution in [0.5, 0.6) is 0 Å². The Morgan fingerprint density at radius 3 is 1.95 bits per heavy atom. The second-order valence-corrected chi connectivity index (χ2v) is 5.54. The standard InChI is InChI=1S/C16H18N2O3/c19-14(17-9-5-1-2-6-10-17)11-18-15(20)12-7-3-4-8-13(12)16(18)21/h3-4,7-8H,1-2,5-6,9-11H2. The van der Waals surface area contributed by atoms with Gasteiger partial charge in [-0.3, -0.25) is 19.3 Å². The van der Waals surface area contributed by atoms with Gasteiger partial charge in [-0.15, -0.1) is 0 Å². The van der Waals surface area contributed by atoms with Crippen molar-refractivity contribution in [3.63, 3.8) is 0 Å². The first-order valence-corrected chi connectivity index (χ1v) is 7.41. The zero-order valence-corrected chi connectivity index (χ0v) is 11.9. The van der Waals surface area contributed by atoms with Gasteiger partial charge in [0.1, 0.15) is 6.54 Å². The van der Waals surface area contributed by atoms with Crippen LogP contribution in [0.2, 0.25) is 0 Å². The van der Waals surface area contributed by atoms with Gasteiger partial charge in [-0.2, -0.15) is 0 Å². The van der Waals surface area contributed by atoms with Crippen LogP contribution in [0.3, 0.4) is 0 Å². The highest BCUT2D eigenvalue weighted by Crippen LogP contribution is 2.22. The van der Waals surface area contributed by atoms with E-state index < -0.39 is 0 Å². The van der Waals surface area contributed by atoms with E-state index in [1.807, 2.05) is 0 Å². The Bertz CT molecular complexity index is 554. The van der Waals surface area contributed by atoms with Crippen LogP contribution in [0.4, 0.5) is 0 Å². The molecule has 2 aliphatic rings. The SMILES string of the molecule is O=C(CN1C(=O)c2ccccc2C1=O)N1CCCCCC1. The number of rotatable bonds is 2. The van der Waals surface area contributed by atoms with E-state index in [-0.39, 0.29) is 24.3 Å². The Balaban J connectivity index is 1.72. The summed E-state index contributed by atoms with van der Waals surface area (Å²) in [7, 11) is 0. The Kier molecular flexibility index (Phi) is 3.73. The van der Waals surface area contributed by atoms with Gasteiger partial charge in [-0.25, -0.2) is 0 Å². The molecule has 0 bridgehead atoms. The zero-order valence-electron chi connectivity index (χ0n) is 11.9. The van der Waals surface area contributed by atoms with Gasteiger partial charge in [0.05, 0.1) is 11.1 Å². The highest BCUT2D eigenvalue weighted by Gasteiger charge is 2.36. The fourth-order valence-electron chi connectivity index (χ4n) is 2.94. The molecular formula is C16H18N2O3. The van der Waals surface area contributed by atoms with E-state index in [0.29, 0.717) is 11.1 Å². The van der Waals surface area contributed by atoms with Gasteiger partial charge in [0.2, 0.25) is 5.91 Å². The quantitative estimate of drug-likeness (QED) is 0.777. The monoisotopic (exact) mass is 286 g/mol. The van der Waals surface area contributed by atoms with Crippen LogP contribution >= 0.6 is 0 Å². The molecule has 0 spiro atoms. The van der Waals surface area contributed by atoms with Crippen LogP contribution in [0.15, 0.2) is 24.3 Å². The molecule has 1 fully saturated rings. The van der Waals surface area contributed by atoms with Crippen molar-refractivity contribution in [2.24, 2.45) is 0 Å². The molecule has 0 saturated carbocycles. The second-order valence-electron chi connectivity index (χ2n) is 5.54. The molecule has 3 amide bonds. The minimum Gasteiger partial charge on any atom is -0.341 e. The van der Waals surface area contributed by atoms with Crippen LogP contribution in [0, 0.1) is 0 Å². The first-order valence-electron chi connectivity index (χ1n) is 7.41. The summed E-state index contributed by atoms with van der Waals surface area (Å²) in [5.41, 5.74) is 0.789. The fraction of sp³-hybridized carbons (Fsp3) is 0.438. The number of benzene rings is 1. The fourth-order valence-corrected chi connectivity index (χ4v) is 2.94. The normalized spacial score (nSPS) is 18.7. The van der Waals surface area contributed by atoms with Crippen molar-refractivity contribution in [2.75, 3.05) is 19.6 Å². The van der Waals surface area contributed by atoms with Crippen LogP contribution in [0.25, 0.3) is 0 Å². The molecule has 3 rings (SSSR count). The maximum Gasteiger partial charge on any atom is 0.262 e. The topological polar surface area (TPSA) is 57.7 Å². The van der Waals surface area contributed by atoms with E-state index >= 15 is 0 Å². The highest BCUT2D eigenvalue weighted by molar-refractivity contribution is 6.22. The van der Waals surface area contributed by atoms with Crippen LogP contribution in [0.1, 0.15) is 46.4 Å². The average Bonchev–Trinajstić information content (AvgIpc) is 2.72. The van der Waals surface area contributed by atoms with E-state index in [2.05, 4.69) is 0 Å². The number of hydrogen-bond donors (Lipinski definition) is 0. The Morgan fingerprint density at radius 1 is 0.905 bits per heavy atom. The molecule has 1 aromatic carbocycles. The molecule has 5 heteroatoms. The van der Waals surface area contributed by atoms with Crippen molar-refractivity contribution in [3.05, 3.63) is 35.4 Å². The maximum atomic E-state index is 12.3. The molecule has 0 aliphatic carbocycles. The molecule has 0 N–H and O–H groups in total. The molecule has 0 radical (unpaired) electrons. The van der Waals surface area contributed by atoms with E-state index in [1.54, 1.807) is 29.2 Å². The lowest BCUT2D eigenvalue weighted by Crippen LogP contribution is -2.43. The lowest BCUT2D eigenvalue weighted by molar-refractivity contribution is -0.131. The number of hydrogen-bond acceptors (Lipinski definition) is 3. The zero-order chi connectivity index (χ0) is 14.8. The summed E-state index contributed by atoms with van der Waals surface area (Å²) in [4.78, 5) is 39.6. The van der Waals surface area contributed by atoms with E-state index in [0.717, 1.165) is 43.7 Å². The smallest absolute Gasteiger partial charge is 0.262 e. The molecule has 0 unspecified atom stereocenters. The Labute approximate surface area is 123 Å². The third-order valence-corrected chi connectivity index (χ3v) is 4.13. The molecule has 0 aromatic heterocycles. The third-order valence-electron chi connectivity index (χ3n) is 4.13. The number of carbonyl (C=O) groups is 3. The van der Waals surface area contributed by atoms with Gasteiger partial charge in [0.15, 0.2) is 0 Å². The van der Waals surface area contributed by atoms with E-state index in [1.165, 1.54) is 0 Å². The van der Waals surface area contributed by atoms with Gasteiger partial charge in [-0.05, 0) is 25.0 Å². The minimum atomic E-state index is -0.362. The van der Waals surface area contributed by atoms with E-state index in [4.69, 9.17) is 0 Å². The van der Waals surface area contributed by atoms with Gasteiger partial charge in [0.25, 0.3) is 11.8 Å². The molecule has 2 aliphatic heterocycles. The number of fused-ring (bicyclic) bond motifs is 1. The van der Waals surface area contributed by atoms with Crippen molar-refractivity contribution in [1.82, 2.24) is 9.80 Å². The summed E-state index contributed by atoms with van der Waals surface area (Å²) in [6.45, 7) is 1.30. The number of imide groups is 1. The largest absolute Gasteiger partial charge is 0.341 e. The molecule has 1 saturated heterocycles. The lowest BCUT2D eigenvalue weighted by atomic mass is 10.1. The molecule has 5 nitrogen and oxygen atoms in total. The minimum absolute atomic E-state index is 0.133. The van der Waals surface area contributed by atoms with Crippen LogP contribution in [-0.2, 0) is 4.79 Å². The van der Waals surface area contributed by atoms with E-state index in [9.17, 15) is 14.4 Å². The average molecular weight is 286 g/mol. The summed E-state index contributed by atoms with van der Waals surface area (Å²) in [5, 5.41) is 0. The number of likely N-dealkylation sites (tertiary alicyclic amines) is 1. The summed E-state index contributed by atoms with van der Waals surface area (Å²) in [5.74, 6) is -0.857. The van der Waals surface area contributed by atoms with Gasteiger partial charge in [-0.1, -0.05) is 25.0 Å². The molecule has 1 aromatic rings. The predicted molar refractivity (Wildman–Crippen MR) is 76.9 cm³/mol. The third kappa shape index (κ3) is 2.55. The van der Waals surface area contributed by atoms with Crippen molar-refractivity contribution in [1.29, 1.82) is 0 Å². The number of amides is 3. The summed E-state index contributed by atoms with van der Waals surface area (Å²) in [6, 6.07) is 6.71. The molecular weight excluding hydrogens is 268 g/mol. The molecule has 0 atom stereocenters. The number of nitrogens with zero attached hydrogens (tertiary/aromatic N) is 2. The van der Waals surface area contributed by atoms with Gasteiger partial charge in [0, 0.05) is 13.1 Å². The molecule has 2 heterocycles. The van der Waals surface area contributed by atoms with Gasteiger partial charge < -0.3 is 4.90 Å². The van der Waals surface area contributed by atoms with Gasteiger partial charge >= 0.3 is 0 Å². The Hall–Kier alpha value is -2.17. The second kappa shape index (κ2) is 5.68. The number of carbonyl (C=O) groups excluding carboxylic acids is 3. The summed E-state index contributed by atoms with van der Waals surface area (Å²) >= 11 is 0. The predicted octanol–water partition coefficient (Wildman–Crippen LogP) is 1.69. The van der Waals surface area contributed by atoms with Crippen molar-refractivity contribution in [2.45, 2.75) is 25.7 Å². The van der Waals surface area contributed by atoms with Crippen molar-refractivity contribution in [3.8, 4) is 0 Å². The van der Waals surface area contributed by atoms with Crippen molar-refractivity contribution < 1.29 is 14.4 Å². The summed E-state index contributed by atoms with van der Waals surface area (Å²) < 4.78 is 0. The van der Waals surface area contributed by atoms with Crippen LogP contribution < -0.4 is 0 Å². The maximum absolute atomic E-state index is 12.3. The summed E-state index contributed by atoms with van der Waals surface area (Å²) in [6.07, 6.45) is 4.26. The Morgan fingerprint density at radius 2 is 1.43 bits per heavy atom. The molecule has 110 valence electrons. The van der Waals surface area contributed by atoms with Crippen LogP contribution in [-0.4, -0.2) is 47.2 Å². The first kappa shape index (κ1) is 13.8. The highest BCUT2D eigenvalue weighted by atomic mass is 16.2. The lowest BCUT2D eigenvalue weighted by Gasteiger charge is -2.23.